The molecule has 0 amide bonds. The molecule has 0 radical (unpaired) electrons. The molecule has 0 aromatic carbocycles. The van der Waals surface area contributed by atoms with Crippen molar-refractivity contribution in [2.45, 2.75) is 26.3 Å². The zero-order valence-electron chi connectivity index (χ0n) is 11.5. The van der Waals surface area contributed by atoms with Gasteiger partial charge < -0.3 is 14.4 Å². The number of ether oxygens (including phenoxy) is 1. The smallest absolute Gasteiger partial charge is 0.223 e. The van der Waals surface area contributed by atoms with Crippen molar-refractivity contribution in [3.05, 3.63) is 28.2 Å². The van der Waals surface area contributed by atoms with E-state index in [0.717, 1.165) is 52.2 Å². The van der Waals surface area contributed by atoms with Gasteiger partial charge in [-0.05, 0) is 26.3 Å². The molecule has 1 aromatic rings. The predicted molar refractivity (Wildman–Crippen MR) is 73.6 cm³/mol. The van der Waals surface area contributed by atoms with Gasteiger partial charge in [0.25, 0.3) is 0 Å². The summed E-state index contributed by atoms with van der Waals surface area (Å²) in [6, 6.07) is 1.42. The van der Waals surface area contributed by atoms with Crippen molar-refractivity contribution in [3.63, 3.8) is 0 Å². The number of pyridine rings is 1. The van der Waals surface area contributed by atoms with Gasteiger partial charge in [-0.2, -0.15) is 0 Å². The number of aryl methyl sites for hydroxylation is 1. The molecular formula is C14H22N2O3. The van der Waals surface area contributed by atoms with Gasteiger partial charge in [-0.3, -0.25) is 9.69 Å². The maximum atomic E-state index is 11.2. The van der Waals surface area contributed by atoms with E-state index in [1.165, 1.54) is 6.07 Å². The summed E-state index contributed by atoms with van der Waals surface area (Å²) in [4.78, 5) is 13.7. The number of hydrogen-bond acceptors (Lipinski definition) is 4. The van der Waals surface area contributed by atoms with E-state index in [4.69, 9.17) is 4.74 Å². The van der Waals surface area contributed by atoms with E-state index in [2.05, 4.69) is 4.90 Å². The number of hydrogen-bond donors (Lipinski definition) is 1. The van der Waals surface area contributed by atoms with E-state index >= 15 is 0 Å². The van der Waals surface area contributed by atoms with Gasteiger partial charge in [-0.15, -0.1) is 0 Å². The highest BCUT2D eigenvalue weighted by atomic mass is 16.5. The molecule has 1 N–H and O–H groups in total. The quantitative estimate of drug-likeness (QED) is 0.807. The molecular weight excluding hydrogens is 244 g/mol. The first-order valence-corrected chi connectivity index (χ1v) is 6.87. The van der Waals surface area contributed by atoms with Crippen LogP contribution in [0, 0.1) is 6.92 Å². The third kappa shape index (κ3) is 3.81. The van der Waals surface area contributed by atoms with Crippen LogP contribution in [0.15, 0.2) is 17.1 Å². The van der Waals surface area contributed by atoms with Gasteiger partial charge in [-0.1, -0.05) is 0 Å². The lowest BCUT2D eigenvalue weighted by Gasteiger charge is -2.26. The number of rotatable bonds is 5. The van der Waals surface area contributed by atoms with Crippen molar-refractivity contribution >= 4 is 0 Å². The molecule has 0 spiro atoms. The molecule has 0 saturated carbocycles. The topological polar surface area (TPSA) is 54.7 Å². The first kappa shape index (κ1) is 14.1. The second-order valence-electron chi connectivity index (χ2n) is 4.97. The Morgan fingerprint density at radius 2 is 1.95 bits per heavy atom. The Hall–Kier alpha value is -1.33. The van der Waals surface area contributed by atoms with Crippen LogP contribution in [0.1, 0.15) is 18.5 Å². The Labute approximate surface area is 113 Å². The van der Waals surface area contributed by atoms with Crippen LogP contribution in [0.2, 0.25) is 0 Å². The predicted octanol–water partition coefficient (Wildman–Crippen LogP) is 0.975. The summed E-state index contributed by atoms with van der Waals surface area (Å²) < 4.78 is 7.25. The van der Waals surface area contributed by atoms with E-state index in [0.29, 0.717) is 5.69 Å². The summed E-state index contributed by atoms with van der Waals surface area (Å²) >= 11 is 0. The third-order valence-corrected chi connectivity index (χ3v) is 3.64. The Balaban J connectivity index is 1.76. The fourth-order valence-electron chi connectivity index (χ4n) is 2.35. The molecule has 1 saturated heterocycles. The fourth-order valence-corrected chi connectivity index (χ4v) is 2.35. The molecule has 5 heteroatoms. The number of aromatic nitrogens is 1. The standard InChI is InChI=1S/C14H22N2O3/c1-12-14(18)13(17)4-7-16(12)6-3-2-5-15-8-10-19-11-9-15/h4,7,18H,2-3,5-6,8-11H2,1H3. The van der Waals surface area contributed by atoms with Crippen LogP contribution in [0.3, 0.4) is 0 Å². The molecule has 0 aliphatic carbocycles. The SMILES string of the molecule is Cc1c(O)c(=O)ccn1CCCCN1CCOCC1. The van der Waals surface area contributed by atoms with Crippen molar-refractivity contribution in [3.8, 4) is 5.75 Å². The fraction of sp³-hybridized carbons (Fsp3) is 0.643. The average molecular weight is 266 g/mol. The highest BCUT2D eigenvalue weighted by Gasteiger charge is 2.09. The van der Waals surface area contributed by atoms with Gasteiger partial charge in [-0.25, -0.2) is 0 Å². The summed E-state index contributed by atoms with van der Waals surface area (Å²) in [5.74, 6) is -0.129. The Kier molecular flexibility index (Phi) is 4.99. The Bertz CT molecular complexity index is 464. The number of unbranched alkanes of at least 4 members (excludes halogenated alkanes) is 1. The molecule has 1 aromatic heterocycles. The number of morpholine rings is 1. The minimum Gasteiger partial charge on any atom is -0.503 e. The molecule has 0 unspecified atom stereocenters. The molecule has 1 aliphatic heterocycles. The number of nitrogens with zero attached hydrogens (tertiary/aromatic N) is 2. The molecule has 5 nitrogen and oxygen atoms in total. The van der Waals surface area contributed by atoms with E-state index in [9.17, 15) is 9.90 Å². The first-order valence-electron chi connectivity index (χ1n) is 6.87. The summed E-state index contributed by atoms with van der Waals surface area (Å²) in [5, 5.41) is 9.59. The third-order valence-electron chi connectivity index (χ3n) is 3.64. The summed E-state index contributed by atoms with van der Waals surface area (Å²) in [6.45, 7) is 7.44. The van der Waals surface area contributed by atoms with Gasteiger partial charge in [0.2, 0.25) is 5.43 Å². The Morgan fingerprint density at radius 3 is 2.68 bits per heavy atom. The zero-order valence-corrected chi connectivity index (χ0v) is 11.5. The molecule has 0 atom stereocenters. The monoisotopic (exact) mass is 266 g/mol. The molecule has 0 bridgehead atoms. The first-order chi connectivity index (χ1) is 9.18. The Morgan fingerprint density at radius 1 is 1.26 bits per heavy atom. The van der Waals surface area contributed by atoms with Crippen molar-refractivity contribution in [2.75, 3.05) is 32.8 Å². The maximum Gasteiger partial charge on any atom is 0.223 e. The lowest BCUT2D eigenvalue weighted by molar-refractivity contribution is 0.0370. The molecule has 2 rings (SSSR count). The largest absolute Gasteiger partial charge is 0.503 e. The van der Waals surface area contributed by atoms with Crippen LogP contribution in [0.4, 0.5) is 0 Å². The van der Waals surface area contributed by atoms with Crippen molar-refractivity contribution in [2.24, 2.45) is 0 Å². The molecule has 1 fully saturated rings. The van der Waals surface area contributed by atoms with Crippen LogP contribution in [-0.4, -0.2) is 47.4 Å². The van der Waals surface area contributed by atoms with Gasteiger partial charge in [0, 0.05) is 31.9 Å². The van der Waals surface area contributed by atoms with Gasteiger partial charge in [0.15, 0.2) is 5.75 Å². The molecule has 1 aliphatic rings. The van der Waals surface area contributed by atoms with Gasteiger partial charge >= 0.3 is 0 Å². The lowest BCUT2D eigenvalue weighted by Crippen LogP contribution is -2.36. The summed E-state index contributed by atoms with van der Waals surface area (Å²) in [5.41, 5.74) is 0.348. The maximum absolute atomic E-state index is 11.2. The highest BCUT2D eigenvalue weighted by Crippen LogP contribution is 2.10. The van der Waals surface area contributed by atoms with Crippen LogP contribution < -0.4 is 5.43 Å². The summed E-state index contributed by atoms with van der Waals surface area (Å²) in [6.07, 6.45) is 3.92. The number of aromatic hydroxyl groups is 1. The van der Waals surface area contributed by atoms with E-state index in [1.807, 2.05) is 4.57 Å². The minimum absolute atomic E-state index is 0.129. The van der Waals surface area contributed by atoms with E-state index < -0.39 is 0 Å². The van der Waals surface area contributed by atoms with Crippen LogP contribution >= 0.6 is 0 Å². The van der Waals surface area contributed by atoms with Gasteiger partial charge in [0.1, 0.15) is 0 Å². The molecule has 2 heterocycles. The van der Waals surface area contributed by atoms with Crippen molar-refractivity contribution < 1.29 is 9.84 Å². The normalized spacial score (nSPS) is 16.7. The van der Waals surface area contributed by atoms with E-state index in [1.54, 1.807) is 13.1 Å². The van der Waals surface area contributed by atoms with Gasteiger partial charge in [0.05, 0.1) is 18.9 Å². The van der Waals surface area contributed by atoms with Crippen LogP contribution in [0.25, 0.3) is 0 Å². The van der Waals surface area contributed by atoms with Crippen molar-refractivity contribution in [1.29, 1.82) is 0 Å². The molecule has 106 valence electrons. The lowest BCUT2D eigenvalue weighted by atomic mass is 10.2. The second-order valence-corrected chi connectivity index (χ2v) is 4.97. The second kappa shape index (κ2) is 6.73. The van der Waals surface area contributed by atoms with E-state index in [-0.39, 0.29) is 11.2 Å². The summed E-state index contributed by atoms with van der Waals surface area (Å²) in [7, 11) is 0. The van der Waals surface area contributed by atoms with Crippen LogP contribution in [-0.2, 0) is 11.3 Å². The minimum atomic E-state index is -0.304. The highest BCUT2D eigenvalue weighted by molar-refractivity contribution is 5.25. The molecule has 19 heavy (non-hydrogen) atoms. The zero-order chi connectivity index (χ0) is 13.7. The van der Waals surface area contributed by atoms with Crippen LogP contribution in [0.5, 0.6) is 5.75 Å². The van der Waals surface area contributed by atoms with Crippen molar-refractivity contribution in [1.82, 2.24) is 9.47 Å². The average Bonchev–Trinajstić information content (AvgIpc) is 2.44.